The summed E-state index contributed by atoms with van der Waals surface area (Å²) in [4.78, 5) is 11.0. The molecule has 6 heteroatoms. The molecule has 0 radical (unpaired) electrons. The number of fused-ring (bicyclic) bond motifs is 1. The third-order valence-electron chi connectivity index (χ3n) is 3.10. The maximum absolute atomic E-state index is 12.0. The third kappa shape index (κ3) is 4.44. The summed E-state index contributed by atoms with van der Waals surface area (Å²) < 4.78 is 28.4. The van der Waals surface area contributed by atoms with Crippen LogP contribution in [0, 0.1) is 0 Å². The van der Waals surface area contributed by atoms with Gasteiger partial charge in [-0.1, -0.05) is 35.9 Å². The normalized spacial score (nSPS) is 11.5. The molecular weight excluding hydrogens is 312 g/mol. The van der Waals surface area contributed by atoms with E-state index in [-0.39, 0.29) is 17.9 Å². The van der Waals surface area contributed by atoms with E-state index in [0.29, 0.717) is 10.6 Å². The molecule has 0 unspecified atom stereocenters. The first kappa shape index (κ1) is 15.8. The average Bonchev–Trinajstić information content (AvgIpc) is 2.44. The van der Waals surface area contributed by atoms with E-state index in [1.54, 1.807) is 12.1 Å². The van der Waals surface area contributed by atoms with Crippen LogP contribution in [0.2, 0.25) is 5.02 Å². The van der Waals surface area contributed by atoms with Crippen LogP contribution in [0.1, 0.15) is 12.0 Å². The lowest BCUT2D eigenvalue weighted by Gasteiger charge is -2.06. The van der Waals surface area contributed by atoms with Gasteiger partial charge >= 0.3 is 5.97 Å². The number of benzene rings is 2. The Bertz CT molecular complexity index is 768. The molecule has 4 nitrogen and oxygen atoms in total. The number of esters is 1. The molecule has 0 N–H and O–H groups in total. The lowest BCUT2D eigenvalue weighted by atomic mass is 10.1. The zero-order valence-corrected chi connectivity index (χ0v) is 13.1. The van der Waals surface area contributed by atoms with Crippen molar-refractivity contribution in [3.8, 4) is 0 Å². The summed E-state index contributed by atoms with van der Waals surface area (Å²) in [5, 5.41) is 2.53. The molecule has 2 rings (SSSR count). The fourth-order valence-electron chi connectivity index (χ4n) is 2.02. The SMILES string of the molecule is COC(=O)CCS(=O)(=O)Cc1ccc2cc(Cl)ccc2c1. The highest BCUT2D eigenvalue weighted by molar-refractivity contribution is 7.90. The van der Waals surface area contributed by atoms with Crippen molar-refractivity contribution in [2.45, 2.75) is 12.2 Å². The lowest BCUT2D eigenvalue weighted by molar-refractivity contribution is -0.140. The van der Waals surface area contributed by atoms with E-state index in [1.807, 2.05) is 24.3 Å². The van der Waals surface area contributed by atoms with Gasteiger partial charge in [-0.2, -0.15) is 0 Å². The van der Waals surface area contributed by atoms with Crippen LogP contribution in [0.4, 0.5) is 0 Å². The number of ether oxygens (including phenoxy) is 1. The van der Waals surface area contributed by atoms with Crippen molar-refractivity contribution in [1.82, 2.24) is 0 Å². The van der Waals surface area contributed by atoms with Gasteiger partial charge in [-0.05, 0) is 28.5 Å². The average molecular weight is 327 g/mol. The van der Waals surface area contributed by atoms with Crippen LogP contribution in [-0.2, 0) is 25.1 Å². The molecule has 0 saturated carbocycles. The standard InChI is InChI=1S/C15H15ClO4S/c1-20-15(17)6-7-21(18,19)10-11-2-3-13-9-14(16)5-4-12(13)8-11/h2-5,8-9H,6-7,10H2,1H3. The Morgan fingerprint density at radius 3 is 2.52 bits per heavy atom. The predicted molar refractivity (Wildman–Crippen MR) is 83.1 cm³/mol. The Balaban J connectivity index is 2.15. The molecule has 0 aliphatic carbocycles. The number of carbonyl (C=O) groups excluding carboxylic acids is 1. The number of methoxy groups -OCH3 is 1. The van der Waals surface area contributed by atoms with Crippen LogP contribution in [-0.4, -0.2) is 27.2 Å². The van der Waals surface area contributed by atoms with E-state index in [4.69, 9.17) is 11.6 Å². The second-order valence-corrected chi connectivity index (χ2v) is 7.36. The number of sulfone groups is 1. The first-order valence-corrected chi connectivity index (χ1v) is 8.55. The van der Waals surface area contributed by atoms with E-state index < -0.39 is 15.8 Å². The zero-order chi connectivity index (χ0) is 15.5. The lowest BCUT2D eigenvalue weighted by Crippen LogP contribution is -2.14. The molecule has 0 amide bonds. The molecular formula is C15H15ClO4S. The molecule has 0 aliphatic rings. The Kier molecular flexibility index (Phi) is 4.85. The first-order valence-electron chi connectivity index (χ1n) is 6.35. The minimum Gasteiger partial charge on any atom is -0.469 e. The second kappa shape index (κ2) is 6.45. The number of carbonyl (C=O) groups is 1. The van der Waals surface area contributed by atoms with Gasteiger partial charge in [0.1, 0.15) is 0 Å². The maximum Gasteiger partial charge on any atom is 0.306 e. The van der Waals surface area contributed by atoms with Crippen molar-refractivity contribution >= 4 is 38.2 Å². The Morgan fingerprint density at radius 2 is 1.81 bits per heavy atom. The smallest absolute Gasteiger partial charge is 0.306 e. The third-order valence-corrected chi connectivity index (χ3v) is 4.93. The Morgan fingerprint density at radius 1 is 1.14 bits per heavy atom. The number of hydrogen-bond acceptors (Lipinski definition) is 4. The molecule has 21 heavy (non-hydrogen) atoms. The number of rotatable bonds is 5. The monoisotopic (exact) mass is 326 g/mol. The summed E-state index contributed by atoms with van der Waals surface area (Å²) in [6.07, 6.45) is -0.123. The molecule has 0 fully saturated rings. The largest absolute Gasteiger partial charge is 0.469 e. The molecule has 0 aromatic heterocycles. The van der Waals surface area contributed by atoms with Gasteiger partial charge < -0.3 is 4.74 Å². The molecule has 112 valence electrons. The summed E-state index contributed by atoms with van der Waals surface area (Å²) >= 11 is 5.91. The van der Waals surface area contributed by atoms with Gasteiger partial charge in [0.15, 0.2) is 9.84 Å². The van der Waals surface area contributed by atoms with E-state index in [2.05, 4.69) is 4.74 Å². The highest BCUT2D eigenvalue weighted by Gasteiger charge is 2.15. The van der Waals surface area contributed by atoms with Gasteiger partial charge in [-0.25, -0.2) is 8.42 Å². The second-order valence-electron chi connectivity index (χ2n) is 4.74. The van der Waals surface area contributed by atoms with E-state index in [1.165, 1.54) is 7.11 Å². The molecule has 0 saturated heterocycles. The molecule has 2 aromatic rings. The van der Waals surface area contributed by atoms with E-state index >= 15 is 0 Å². The molecule has 0 heterocycles. The molecule has 0 atom stereocenters. The van der Waals surface area contributed by atoms with Crippen molar-refractivity contribution < 1.29 is 17.9 Å². The van der Waals surface area contributed by atoms with Crippen LogP contribution in [0.3, 0.4) is 0 Å². The number of hydrogen-bond donors (Lipinski definition) is 0. The zero-order valence-electron chi connectivity index (χ0n) is 11.5. The van der Waals surface area contributed by atoms with Crippen LogP contribution >= 0.6 is 11.6 Å². The van der Waals surface area contributed by atoms with Crippen molar-refractivity contribution in [3.05, 3.63) is 47.0 Å². The van der Waals surface area contributed by atoms with Gasteiger partial charge in [0.05, 0.1) is 25.0 Å². The van der Waals surface area contributed by atoms with Gasteiger partial charge in [-0.3, -0.25) is 4.79 Å². The fourth-order valence-corrected chi connectivity index (χ4v) is 3.51. The highest BCUT2D eigenvalue weighted by atomic mass is 35.5. The van der Waals surface area contributed by atoms with Gasteiger partial charge in [-0.15, -0.1) is 0 Å². The molecule has 0 bridgehead atoms. The summed E-state index contributed by atoms with van der Waals surface area (Å²) in [5.74, 6) is -0.826. The van der Waals surface area contributed by atoms with E-state index in [0.717, 1.165) is 10.8 Å². The molecule has 0 aliphatic heterocycles. The maximum atomic E-state index is 12.0. The minimum absolute atomic E-state index is 0.0947. The molecule has 0 spiro atoms. The Labute approximate surface area is 128 Å². The summed E-state index contributed by atoms with van der Waals surface area (Å²) in [6.45, 7) is 0. The molecule has 2 aromatic carbocycles. The van der Waals surface area contributed by atoms with Crippen LogP contribution in [0.25, 0.3) is 10.8 Å². The van der Waals surface area contributed by atoms with Crippen molar-refractivity contribution in [2.75, 3.05) is 12.9 Å². The minimum atomic E-state index is -3.34. The first-order chi connectivity index (χ1) is 9.89. The number of halogens is 1. The van der Waals surface area contributed by atoms with Crippen molar-refractivity contribution in [3.63, 3.8) is 0 Å². The predicted octanol–water partition coefficient (Wildman–Crippen LogP) is 2.97. The Hall–Kier alpha value is -1.59. The van der Waals surface area contributed by atoms with Crippen molar-refractivity contribution in [2.24, 2.45) is 0 Å². The van der Waals surface area contributed by atoms with Gasteiger partial charge in [0, 0.05) is 5.02 Å². The summed E-state index contributed by atoms with van der Waals surface area (Å²) in [6, 6.07) is 10.9. The topological polar surface area (TPSA) is 60.4 Å². The quantitative estimate of drug-likeness (QED) is 0.792. The van der Waals surface area contributed by atoms with Crippen LogP contribution in [0.5, 0.6) is 0 Å². The summed E-state index contributed by atoms with van der Waals surface area (Å²) in [5.41, 5.74) is 0.690. The van der Waals surface area contributed by atoms with Crippen LogP contribution in [0.15, 0.2) is 36.4 Å². The van der Waals surface area contributed by atoms with Crippen molar-refractivity contribution in [1.29, 1.82) is 0 Å². The van der Waals surface area contributed by atoms with Gasteiger partial charge in [0.2, 0.25) is 0 Å². The highest BCUT2D eigenvalue weighted by Crippen LogP contribution is 2.21. The fraction of sp³-hybridized carbons (Fsp3) is 0.267. The van der Waals surface area contributed by atoms with E-state index in [9.17, 15) is 13.2 Å². The summed E-state index contributed by atoms with van der Waals surface area (Å²) in [7, 11) is -2.10. The van der Waals surface area contributed by atoms with Gasteiger partial charge in [0.25, 0.3) is 0 Å². The van der Waals surface area contributed by atoms with Crippen LogP contribution < -0.4 is 0 Å².